The maximum atomic E-state index is 11.7. The predicted molar refractivity (Wildman–Crippen MR) is 96.4 cm³/mol. The van der Waals surface area contributed by atoms with E-state index in [0.717, 1.165) is 31.7 Å². The Morgan fingerprint density at radius 2 is 1.71 bits per heavy atom. The van der Waals surface area contributed by atoms with Gasteiger partial charge in [0.15, 0.2) is 0 Å². The van der Waals surface area contributed by atoms with Crippen molar-refractivity contribution in [1.29, 1.82) is 0 Å². The van der Waals surface area contributed by atoms with E-state index in [-0.39, 0.29) is 11.5 Å². The highest BCUT2D eigenvalue weighted by Crippen LogP contribution is 2.16. The van der Waals surface area contributed by atoms with Gasteiger partial charge in [0.05, 0.1) is 0 Å². The summed E-state index contributed by atoms with van der Waals surface area (Å²) >= 11 is 0. The van der Waals surface area contributed by atoms with Crippen molar-refractivity contribution in [3.8, 4) is 0 Å². The van der Waals surface area contributed by atoms with Crippen molar-refractivity contribution in [2.75, 3.05) is 45.2 Å². The summed E-state index contributed by atoms with van der Waals surface area (Å²) in [6, 6.07) is 7.86. The van der Waals surface area contributed by atoms with Crippen LogP contribution < -0.4 is 10.2 Å². The van der Waals surface area contributed by atoms with Gasteiger partial charge >= 0.3 is 0 Å². The molecule has 1 heterocycles. The molecule has 6 nitrogen and oxygen atoms in total. The molecule has 0 atom stereocenters. The quantitative estimate of drug-likeness (QED) is 0.853. The van der Waals surface area contributed by atoms with Crippen LogP contribution in [0.1, 0.15) is 31.1 Å². The molecular weight excluding hydrogens is 306 g/mol. The smallest absolute Gasteiger partial charge is 0.293 e. The first kappa shape index (κ1) is 20.0. The van der Waals surface area contributed by atoms with E-state index >= 15 is 0 Å². The minimum Gasteiger partial charge on any atom is -0.462 e. The predicted octanol–water partition coefficient (Wildman–Crippen LogP) is 1.76. The van der Waals surface area contributed by atoms with E-state index < -0.39 is 0 Å². The highest BCUT2D eigenvalue weighted by Gasteiger charge is 2.12. The first-order valence-corrected chi connectivity index (χ1v) is 8.13. The Labute approximate surface area is 144 Å². The largest absolute Gasteiger partial charge is 0.462 e. The Kier molecular flexibility index (Phi) is 7.71. The number of rotatable bonds is 3. The van der Waals surface area contributed by atoms with Gasteiger partial charge in [0.1, 0.15) is 5.60 Å². The first-order valence-electron chi connectivity index (χ1n) is 8.13. The third kappa shape index (κ3) is 7.00. The van der Waals surface area contributed by atoms with Crippen molar-refractivity contribution in [3.63, 3.8) is 0 Å². The lowest BCUT2D eigenvalue weighted by atomic mass is 10.1. The molecule has 1 fully saturated rings. The number of carbonyl (C=O) groups is 2. The zero-order valence-corrected chi connectivity index (χ0v) is 15.3. The van der Waals surface area contributed by atoms with Gasteiger partial charge in [-0.1, -0.05) is 0 Å². The number of carbonyl (C=O) groups excluding carboxylic acids is 2. The van der Waals surface area contributed by atoms with E-state index in [2.05, 4.69) is 15.0 Å². The van der Waals surface area contributed by atoms with Gasteiger partial charge < -0.3 is 19.9 Å². The lowest BCUT2D eigenvalue weighted by Gasteiger charge is -2.29. The van der Waals surface area contributed by atoms with Crippen LogP contribution >= 0.6 is 0 Å². The normalized spacial score (nSPS) is 14.3. The Balaban J connectivity index is 0.000000351. The topological polar surface area (TPSA) is 61.9 Å². The van der Waals surface area contributed by atoms with E-state index in [9.17, 15) is 9.59 Å². The van der Waals surface area contributed by atoms with Crippen molar-refractivity contribution in [2.24, 2.45) is 0 Å². The van der Waals surface area contributed by atoms with Gasteiger partial charge in [0.25, 0.3) is 12.4 Å². The van der Waals surface area contributed by atoms with Crippen molar-refractivity contribution >= 4 is 18.1 Å². The minimum absolute atomic E-state index is 0.0526. The number of ether oxygens (including phenoxy) is 1. The molecule has 1 amide bonds. The number of amides is 1. The SMILES string of the molecule is CC(C)(C)OC=O.CN(C)C(=O)c1ccc(N2CCNCC2)cc1. The van der Waals surface area contributed by atoms with E-state index in [1.54, 1.807) is 19.0 Å². The molecule has 6 heteroatoms. The Morgan fingerprint density at radius 1 is 1.17 bits per heavy atom. The second-order valence-corrected chi connectivity index (χ2v) is 6.81. The highest BCUT2D eigenvalue weighted by molar-refractivity contribution is 5.94. The molecular formula is C18H29N3O3. The molecule has 0 unspecified atom stereocenters. The molecule has 0 bridgehead atoms. The number of anilines is 1. The van der Waals surface area contributed by atoms with Crippen molar-refractivity contribution < 1.29 is 14.3 Å². The standard InChI is InChI=1S/C13H19N3O.C5H10O2/c1-15(2)13(17)11-3-5-12(6-4-11)16-9-7-14-8-10-16;1-5(2,3)7-4-6/h3-6,14H,7-10H2,1-2H3;4H,1-3H3. The summed E-state index contributed by atoms with van der Waals surface area (Å²) in [6.07, 6.45) is 0. The molecule has 0 aliphatic carbocycles. The molecule has 1 N–H and O–H groups in total. The maximum Gasteiger partial charge on any atom is 0.293 e. The summed E-state index contributed by atoms with van der Waals surface area (Å²) in [4.78, 5) is 25.3. The number of nitrogens with one attached hydrogen (secondary N) is 1. The van der Waals surface area contributed by atoms with Crippen LogP contribution in [0, 0.1) is 0 Å². The molecule has 134 valence electrons. The summed E-state index contributed by atoms with van der Waals surface area (Å²) in [6.45, 7) is 10.0. The van der Waals surface area contributed by atoms with Gasteiger partial charge in [-0.2, -0.15) is 0 Å². The average Bonchev–Trinajstić information content (AvgIpc) is 2.54. The van der Waals surface area contributed by atoms with E-state index in [1.165, 1.54) is 5.69 Å². The van der Waals surface area contributed by atoms with Crippen LogP contribution in [0.25, 0.3) is 0 Å². The number of nitrogens with zero attached hydrogens (tertiary/aromatic N) is 2. The molecule has 0 saturated carbocycles. The molecule has 1 aromatic rings. The fourth-order valence-electron chi connectivity index (χ4n) is 2.14. The zero-order chi connectivity index (χ0) is 18.2. The number of hydrogen-bond donors (Lipinski definition) is 1. The third-order valence-corrected chi connectivity index (χ3v) is 3.40. The molecule has 0 aromatic heterocycles. The lowest BCUT2D eigenvalue weighted by molar-refractivity contribution is -0.138. The first-order chi connectivity index (χ1) is 11.2. The minimum atomic E-state index is -0.318. The van der Waals surface area contributed by atoms with E-state index in [0.29, 0.717) is 6.47 Å². The van der Waals surface area contributed by atoms with E-state index in [1.807, 2.05) is 45.0 Å². The van der Waals surface area contributed by atoms with Crippen LogP contribution in [0.4, 0.5) is 5.69 Å². The highest BCUT2D eigenvalue weighted by atomic mass is 16.5. The summed E-state index contributed by atoms with van der Waals surface area (Å²) < 4.78 is 4.55. The number of hydrogen-bond acceptors (Lipinski definition) is 5. The van der Waals surface area contributed by atoms with Crippen molar-refractivity contribution in [1.82, 2.24) is 10.2 Å². The molecule has 0 spiro atoms. The second-order valence-electron chi connectivity index (χ2n) is 6.81. The second kappa shape index (κ2) is 9.27. The van der Waals surface area contributed by atoms with Gasteiger partial charge in [0, 0.05) is 51.5 Å². The number of benzene rings is 1. The molecule has 1 aliphatic rings. The van der Waals surface area contributed by atoms with Gasteiger partial charge in [-0.25, -0.2) is 0 Å². The fraction of sp³-hybridized carbons (Fsp3) is 0.556. The van der Waals surface area contributed by atoms with E-state index in [4.69, 9.17) is 0 Å². The third-order valence-electron chi connectivity index (χ3n) is 3.40. The molecule has 1 aromatic carbocycles. The van der Waals surface area contributed by atoms with Crippen molar-refractivity contribution in [2.45, 2.75) is 26.4 Å². The molecule has 24 heavy (non-hydrogen) atoms. The van der Waals surface area contributed by atoms with Crippen LogP contribution in [0.3, 0.4) is 0 Å². The molecule has 1 aliphatic heterocycles. The number of piperazine rings is 1. The fourth-order valence-corrected chi connectivity index (χ4v) is 2.14. The van der Waals surface area contributed by atoms with Crippen LogP contribution in [-0.4, -0.2) is 63.2 Å². The Bertz CT molecular complexity index is 515. The Morgan fingerprint density at radius 3 is 2.08 bits per heavy atom. The van der Waals surface area contributed by atoms with Crippen LogP contribution in [0.2, 0.25) is 0 Å². The summed E-state index contributed by atoms with van der Waals surface area (Å²) in [5, 5.41) is 3.33. The lowest BCUT2D eigenvalue weighted by Crippen LogP contribution is -2.43. The van der Waals surface area contributed by atoms with Crippen molar-refractivity contribution in [3.05, 3.63) is 29.8 Å². The molecule has 0 radical (unpaired) electrons. The molecule has 2 rings (SSSR count). The summed E-state index contributed by atoms with van der Waals surface area (Å²) in [5.74, 6) is 0.0526. The van der Waals surface area contributed by atoms with Gasteiger partial charge in [0.2, 0.25) is 0 Å². The average molecular weight is 335 g/mol. The summed E-state index contributed by atoms with van der Waals surface area (Å²) in [7, 11) is 3.54. The van der Waals surface area contributed by atoms with Crippen LogP contribution in [-0.2, 0) is 9.53 Å². The molecule has 1 saturated heterocycles. The monoisotopic (exact) mass is 335 g/mol. The van der Waals surface area contributed by atoms with Crippen LogP contribution in [0.5, 0.6) is 0 Å². The van der Waals surface area contributed by atoms with Gasteiger partial charge in [-0.3, -0.25) is 9.59 Å². The van der Waals surface area contributed by atoms with Gasteiger partial charge in [-0.15, -0.1) is 0 Å². The summed E-state index contributed by atoms with van der Waals surface area (Å²) in [5.41, 5.74) is 1.62. The Hall–Kier alpha value is -2.08. The maximum absolute atomic E-state index is 11.7. The van der Waals surface area contributed by atoms with Crippen LogP contribution in [0.15, 0.2) is 24.3 Å². The zero-order valence-electron chi connectivity index (χ0n) is 15.3. The van der Waals surface area contributed by atoms with Gasteiger partial charge in [-0.05, 0) is 45.0 Å².